The lowest BCUT2D eigenvalue weighted by molar-refractivity contribution is -0.138. The van der Waals surface area contributed by atoms with Gasteiger partial charge < -0.3 is 10.2 Å². The second kappa shape index (κ2) is 5.20. The number of carbonyl (C=O) groups is 2. The van der Waals surface area contributed by atoms with Gasteiger partial charge in [-0.25, -0.2) is 9.78 Å². The number of carboxylic acids is 2. The van der Waals surface area contributed by atoms with Gasteiger partial charge in [-0.05, 0) is 36.8 Å². The largest absolute Gasteiger partial charge is 0.481 e. The molecule has 2 N–H and O–H groups in total. The summed E-state index contributed by atoms with van der Waals surface area (Å²) in [5.74, 6) is -2.90. The summed E-state index contributed by atoms with van der Waals surface area (Å²) in [5, 5.41) is 18.4. The van der Waals surface area contributed by atoms with Crippen LogP contribution in [0.2, 0.25) is 0 Å². The molecule has 116 valence electrons. The van der Waals surface area contributed by atoms with E-state index in [0.29, 0.717) is 16.7 Å². The van der Waals surface area contributed by atoms with Crippen LogP contribution in [0.5, 0.6) is 0 Å². The molecule has 3 rings (SSSR count). The summed E-state index contributed by atoms with van der Waals surface area (Å²) < 4.78 is 1.15. The van der Waals surface area contributed by atoms with Crippen LogP contribution in [-0.2, 0) is 4.79 Å². The van der Waals surface area contributed by atoms with Gasteiger partial charge in [0.05, 0.1) is 22.4 Å². The molecule has 0 fully saturated rings. The van der Waals surface area contributed by atoms with Crippen molar-refractivity contribution in [3.05, 3.63) is 58.0 Å². The average Bonchev–Trinajstić information content (AvgIpc) is 2.53. The Bertz CT molecular complexity index is 1020. The van der Waals surface area contributed by atoms with Crippen molar-refractivity contribution in [1.82, 2.24) is 9.38 Å². The maximum atomic E-state index is 12.6. The van der Waals surface area contributed by atoms with Crippen molar-refractivity contribution in [2.45, 2.75) is 12.8 Å². The SMILES string of the molecule is CC(C(=O)O)c1ccc2nc3ccc(C(=O)O)cn3c(=O)c2c1. The van der Waals surface area contributed by atoms with Crippen LogP contribution in [-0.4, -0.2) is 31.5 Å². The smallest absolute Gasteiger partial charge is 0.337 e. The zero-order valence-electron chi connectivity index (χ0n) is 12.1. The van der Waals surface area contributed by atoms with E-state index < -0.39 is 23.4 Å². The summed E-state index contributed by atoms with van der Waals surface area (Å²) in [7, 11) is 0. The number of aromatic carboxylic acids is 1. The lowest BCUT2D eigenvalue weighted by atomic mass is 10.00. The van der Waals surface area contributed by atoms with E-state index in [4.69, 9.17) is 10.2 Å². The zero-order chi connectivity index (χ0) is 16.7. The molecule has 0 saturated heterocycles. The van der Waals surface area contributed by atoms with Gasteiger partial charge >= 0.3 is 11.9 Å². The second-order valence-corrected chi connectivity index (χ2v) is 5.20. The fraction of sp³-hybridized carbons (Fsp3) is 0.125. The quantitative estimate of drug-likeness (QED) is 0.713. The molecule has 1 unspecified atom stereocenters. The van der Waals surface area contributed by atoms with Crippen molar-refractivity contribution in [3.63, 3.8) is 0 Å². The van der Waals surface area contributed by atoms with E-state index in [1.165, 1.54) is 31.3 Å². The van der Waals surface area contributed by atoms with Crippen LogP contribution in [0.1, 0.15) is 28.8 Å². The molecule has 7 nitrogen and oxygen atoms in total. The first-order chi connectivity index (χ1) is 10.9. The van der Waals surface area contributed by atoms with Crippen LogP contribution in [0, 0.1) is 0 Å². The second-order valence-electron chi connectivity index (χ2n) is 5.20. The Balaban J connectivity index is 2.32. The summed E-state index contributed by atoms with van der Waals surface area (Å²) in [6.45, 7) is 1.53. The minimum atomic E-state index is -1.15. The highest BCUT2D eigenvalue weighted by Crippen LogP contribution is 2.19. The molecule has 3 aromatic rings. The standard InChI is InChI=1S/C16H12N2O5/c1-8(15(20)21)9-2-4-12-11(6-9)14(19)18-7-10(16(22)23)3-5-13(18)17-12/h2-8H,1H3,(H,20,21)(H,22,23). The van der Waals surface area contributed by atoms with Gasteiger partial charge in [0.2, 0.25) is 0 Å². The predicted octanol–water partition coefficient (Wildman–Crippen LogP) is 1.73. The van der Waals surface area contributed by atoms with Gasteiger partial charge in [-0.15, -0.1) is 0 Å². The fourth-order valence-corrected chi connectivity index (χ4v) is 2.36. The molecule has 0 amide bonds. The number of aliphatic carboxylic acids is 1. The maximum absolute atomic E-state index is 12.6. The number of hydrogen-bond donors (Lipinski definition) is 2. The Kier molecular flexibility index (Phi) is 3.33. The van der Waals surface area contributed by atoms with Crippen molar-refractivity contribution < 1.29 is 19.8 Å². The molecule has 7 heteroatoms. The molecule has 0 aliphatic heterocycles. The highest BCUT2D eigenvalue weighted by Gasteiger charge is 2.16. The minimum Gasteiger partial charge on any atom is -0.481 e. The Hall–Kier alpha value is -3.22. The van der Waals surface area contributed by atoms with Crippen LogP contribution >= 0.6 is 0 Å². The summed E-state index contributed by atoms with van der Waals surface area (Å²) in [6, 6.07) is 7.53. The van der Waals surface area contributed by atoms with E-state index in [0.717, 1.165) is 4.40 Å². The first-order valence-corrected chi connectivity index (χ1v) is 6.80. The van der Waals surface area contributed by atoms with Crippen molar-refractivity contribution in [3.8, 4) is 0 Å². The van der Waals surface area contributed by atoms with E-state index in [9.17, 15) is 14.4 Å². The van der Waals surface area contributed by atoms with E-state index in [1.807, 2.05) is 0 Å². The fourth-order valence-electron chi connectivity index (χ4n) is 2.36. The molecule has 2 heterocycles. The summed E-state index contributed by atoms with van der Waals surface area (Å²) >= 11 is 0. The average molecular weight is 312 g/mol. The Morgan fingerprint density at radius 2 is 1.91 bits per heavy atom. The maximum Gasteiger partial charge on any atom is 0.337 e. The van der Waals surface area contributed by atoms with Gasteiger partial charge in [-0.3, -0.25) is 14.0 Å². The first kappa shape index (κ1) is 14.7. The molecule has 0 aliphatic carbocycles. The number of aromatic nitrogens is 2. The van der Waals surface area contributed by atoms with Crippen molar-refractivity contribution in [2.75, 3.05) is 0 Å². The Labute approximate surface area is 129 Å². The van der Waals surface area contributed by atoms with E-state index >= 15 is 0 Å². The molecule has 0 bridgehead atoms. The molecule has 2 aromatic heterocycles. The molecule has 1 aromatic carbocycles. The number of hydrogen-bond acceptors (Lipinski definition) is 4. The van der Waals surface area contributed by atoms with Crippen molar-refractivity contribution in [1.29, 1.82) is 0 Å². The highest BCUT2D eigenvalue weighted by molar-refractivity contribution is 5.88. The topological polar surface area (TPSA) is 109 Å². The van der Waals surface area contributed by atoms with E-state index in [2.05, 4.69) is 4.98 Å². The molecule has 0 saturated carbocycles. The number of pyridine rings is 1. The molecule has 0 spiro atoms. The van der Waals surface area contributed by atoms with Gasteiger partial charge in [-0.1, -0.05) is 6.07 Å². The number of fused-ring (bicyclic) bond motifs is 2. The molecule has 1 atom stereocenters. The van der Waals surface area contributed by atoms with Gasteiger partial charge in [0.1, 0.15) is 5.65 Å². The van der Waals surface area contributed by atoms with Crippen LogP contribution in [0.3, 0.4) is 0 Å². The first-order valence-electron chi connectivity index (χ1n) is 6.80. The van der Waals surface area contributed by atoms with Crippen LogP contribution < -0.4 is 5.56 Å². The lowest BCUT2D eigenvalue weighted by Gasteiger charge is -2.09. The van der Waals surface area contributed by atoms with Gasteiger partial charge in [0.25, 0.3) is 5.56 Å². The number of nitrogens with zero attached hydrogens (tertiary/aromatic N) is 2. The summed E-state index contributed by atoms with van der Waals surface area (Å²) in [4.78, 5) is 39.0. The molecular weight excluding hydrogens is 300 g/mol. The normalized spacial score (nSPS) is 12.4. The van der Waals surface area contributed by atoms with Crippen molar-refractivity contribution >= 4 is 28.5 Å². The van der Waals surface area contributed by atoms with Crippen LogP contribution in [0.25, 0.3) is 16.6 Å². The van der Waals surface area contributed by atoms with Crippen LogP contribution in [0.4, 0.5) is 0 Å². The number of rotatable bonds is 3. The third-order valence-corrected chi connectivity index (χ3v) is 3.75. The summed E-state index contributed by atoms with van der Waals surface area (Å²) in [5.41, 5.74) is 0.771. The Morgan fingerprint density at radius 3 is 2.57 bits per heavy atom. The third kappa shape index (κ3) is 2.42. The molecule has 23 heavy (non-hydrogen) atoms. The summed E-state index contributed by atoms with van der Waals surface area (Å²) in [6.07, 6.45) is 1.21. The Morgan fingerprint density at radius 1 is 1.17 bits per heavy atom. The molecule has 0 aliphatic rings. The monoisotopic (exact) mass is 312 g/mol. The van der Waals surface area contributed by atoms with Gasteiger partial charge in [-0.2, -0.15) is 0 Å². The highest BCUT2D eigenvalue weighted by atomic mass is 16.4. The molecule has 0 radical (unpaired) electrons. The molecular formula is C16H12N2O5. The van der Waals surface area contributed by atoms with Gasteiger partial charge in [0, 0.05) is 6.20 Å². The van der Waals surface area contributed by atoms with E-state index in [-0.39, 0.29) is 10.9 Å². The third-order valence-electron chi connectivity index (χ3n) is 3.75. The number of carboxylic acid groups (broad SMARTS) is 2. The lowest BCUT2D eigenvalue weighted by Crippen LogP contribution is -2.17. The van der Waals surface area contributed by atoms with Gasteiger partial charge in [0.15, 0.2) is 0 Å². The zero-order valence-corrected chi connectivity index (χ0v) is 12.1. The number of benzene rings is 1. The minimum absolute atomic E-state index is 0.0317. The van der Waals surface area contributed by atoms with Crippen molar-refractivity contribution in [2.24, 2.45) is 0 Å². The van der Waals surface area contributed by atoms with Crippen LogP contribution in [0.15, 0.2) is 41.3 Å². The predicted molar refractivity (Wildman–Crippen MR) is 82.0 cm³/mol. The van der Waals surface area contributed by atoms with E-state index in [1.54, 1.807) is 12.1 Å².